The Hall–Kier alpha value is -2.24. The van der Waals surface area contributed by atoms with Crippen molar-refractivity contribution < 1.29 is 14.3 Å². The summed E-state index contributed by atoms with van der Waals surface area (Å²) < 4.78 is 5.64. The monoisotopic (exact) mass is 343 g/mol. The molecule has 1 spiro atoms. The molecular weight excluding hydrogens is 318 g/mol. The average Bonchev–Trinajstić information content (AvgIpc) is 3.15. The fraction of sp³-hybridized carbons (Fsp3) is 0.579. The highest BCUT2D eigenvalue weighted by atomic mass is 16.6. The van der Waals surface area contributed by atoms with E-state index < -0.39 is 5.60 Å². The first-order chi connectivity index (χ1) is 12.0. The second kappa shape index (κ2) is 5.93. The van der Waals surface area contributed by atoms with Crippen molar-refractivity contribution in [2.24, 2.45) is 0 Å². The van der Waals surface area contributed by atoms with Crippen molar-refractivity contribution in [3.63, 3.8) is 0 Å². The predicted molar refractivity (Wildman–Crippen MR) is 94.6 cm³/mol. The van der Waals surface area contributed by atoms with Gasteiger partial charge in [0.15, 0.2) is 0 Å². The van der Waals surface area contributed by atoms with Gasteiger partial charge in [-0.05, 0) is 25.5 Å². The van der Waals surface area contributed by atoms with Crippen LogP contribution >= 0.6 is 0 Å². The number of anilines is 1. The summed E-state index contributed by atoms with van der Waals surface area (Å²) in [5, 5.41) is 3.36. The van der Waals surface area contributed by atoms with Crippen molar-refractivity contribution in [3.05, 3.63) is 29.3 Å². The first-order valence-electron chi connectivity index (χ1n) is 9.12. The lowest BCUT2D eigenvalue weighted by atomic mass is 9.91. The Labute approximate surface area is 148 Å². The molecule has 2 fully saturated rings. The van der Waals surface area contributed by atoms with Crippen molar-refractivity contribution in [2.45, 2.75) is 44.8 Å². The fourth-order valence-electron chi connectivity index (χ4n) is 4.19. The standard InChI is InChI=1S/C19H25N3O3/c1-3-21-12-19(25-18(21)24)6-8-22(9-7-19)17(23)16-11-14-10-13(2)4-5-15(14)20-16/h4-5,10,16,20H,3,6-9,11-12H2,1-2H3/t16-/m1/s1. The molecule has 0 unspecified atom stereocenters. The molecule has 3 heterocycles. The van der Waals surface area contributed by atoms with Crippen LogP contribution in [-0.4, -0.2) is 59.6 Å². The van der Waals surface area contributed by atoms with Crippen molar-refractivity contribution in [1.82, 2.24) is 9.80 Å². The van der Waals surface area contributed by atoms with E-state index in [0.717, 1.165) is 24.9 Å². The third-order valence-corrected chi connectivity index (χ3v) is 5.72. The summed E-state index contributed by atoms with van der Waals surface area (Å²) in [5.74, 6) is 0.153. The summed E-state index contributed by atoms with van der Waals surface area (Å²) in [7, 11) is 0. The molecule has 2 amide bonds. The summed E-state index contributed by atoms with van der Waals surface area (Å²) in [5.41, 5.74) is 3.11. The van der Waals surface area contributed by atoms with E-state index in [1.54, 1.807) is 4.90 Å². The molecule has 1 aromatic carbocycles. The summed E-state index contributed by atoms with van der Waals surface area (Å²) in [4.78, 5) is 28.4. The van der Waals surface area contributed by atoms with Crippen LogP contribution in [0.2, 0.25) is 0 Å². The van der Waals surface area contributed by atoms with Gasteiger partial charge in [0.05, 0.1) is 6.54 Å². The van der Waals surface area contributed by atoms with Gasteiger partial charge in [0.25, 0.3) is 0 Å². The van der Waals surface area contributed by atoms with E-state index in [1.807, 2.05) is 11.8 Å². The number of likely N-dealkylation sites (N-methyl/N-ethyl adjacent to an activating group) is 1. The maximum absolute atomic E-state index is 12.9. The van der Waals surface area contributed by atoms with E-state index in [9.17, 15) is 9.59 Å². The average molecular weight is 343 g/mol. The Balaban J connectivity index is 1.37. The lowest BCUT2D eigenvalue weighted by molar-refractivity contribution is -0.135. The number of aryl methyl sites for hydroxylation is 1. The second-order valence-electron chi connectivity index (χ2n) is 7.45. The number of amides is 2. The van der Waals surface area contributed by atoms with Gasteiger partial charge < -0.3 is 19.9 Å². The van der Waals surface area contributed by atoms with Crippen molar-refractivity contribution >= 4 is 17.7 Å². The highest BCUT2D eigenvalue weighted by molar-refractivity contribution is 5.87. The van der Waals surface area contributed by atoms with Crippen LogP contribution in [-0.2, 0) is 16.0 Å². The normalized spacial score (nSPS) is 24.2. The van der Waals surface area contributed by atoms with Gasteiger partial charge >= 0.3 is 6.09 Å². The Bertz CT molecular complexity index is 710. The van der Waals surface area contributed by atoms with Gasteiger partial charge in [-0.25, -0.2) is 4.79 Å². The van der Waals surface area contributed by atoms with Gasteiger partial charge in [-0.2, -0.15) is 0 Å². The maximum Gasteiger partial charge on any atom is 0.410 e. The zero-order chi connectivity index (χ0) is 17.6. The predicted octanol–water partition coefficient (Wildman–Crippen LogP) is 2.16. The summed E-state index contributed by atoms with van der Waals surface area (Å²) in [6.07, 6.45) is 1.97. The van der Waals surface area contributed by atoms with Crippen molar-refractivity contribution in [1.29, 1.82) is 0 Å². The van der Waals surface area contributed by atoms with Crippen LogP contribution in [0.5, 0.6) is 0 Å². The van der Waals surface area contributed by atoms with Crippen LogP contribution in [0.15, 0.2) is 18.2 Å². The van der Waals surface area contributed by atoms with Crippen LogP contribution in [0.1, 0.15) is 30.9 Å². The number of fused-ring (bicyclic) bond motifs is 1. The Morgan fingerprint density at radius 1 is 1.36 bits per heavy atom. The number of carbonyl (C=O) groups is 2. The quantitative estimate of drug-likeness (QED) is 0.894. The molecular formula is C19H25N3O3. The number of hydrogen-bond donors (Lipinski definition) is 1. The summed E-state index contributed by atoms with van der Waals surface area (Å²) in [6.45, 7) is 6.66. The smallest absolute Gasteiger partial charge is 0.410 e. The number of nitrogens with one attached hydrogen (secondary N) is 1. The van der Waals surface area contributed by atoms with E-state index in [-0.39, 0.29) is 18.0 Å². The SMILES string of the molecule is CCN1CC2(CCN(C(=O)[C@H]3Cc4cc(C)ccc4N3)CC2)OC1=O. The largest absolute Gasteiger partial charge is 0.441 e. The van der Waals surface area contributed by atoms with Gasteiger partial charge in [0.2, 0.25) is 5.91 Å². The minimum Gasteiger partial charge on any atom is -0.441 e. The second-order valence-corrected chi connectivity index (χ2v) is 7.45. The minimum absolute atomic E-state index is 0.153. The Morgan fingerprint density at radius 3 is 2.80 bits per heavy atom. The lowest BCUT2D eigenvalue weighted by Gasteiger charge is -2.38. The zero-order valence-corrected chi connectivity index (χ0v) is 14.9. The molecule has 0 saturated carbocycles. The van der Waals surface area contributed by atoms with Crippen LogP contribution in [0.25, 0.3) is 0 Å². The van der Waals surface area contributed by atoms with Gasteiger partial charge in [0, 0.05) is 44.6 Å². The number of rotatable bonds is 2. The maximum atomic E-state index is 12.9. The van der Waals surface area contributed by atoms with Gasteiger partial charge in [-0.1, -0.05) is 17.7 Å². The highest BCUT2D eigenvalue weighted by Gasteiger charge is 2.47. The van der Waals surface area contributed by atoms with Gasteiger partial charge in [0.1, 0.15) is 11.6 Å². The number of nitrogens with zero attached hydrogens (tertiary/aromatic N) is 2. The van der Waals surface area contributed by atoms with Crippen LogP contribution in [0, 0.1) is 6.92 Å². The molecule has 1 N–H and O–H groups in total. The zero-order valence-electron chi connectivity index (χ0n) is 14.9. The van der Waals surface area contributed by atoms with Crippen molar-refractivity contribution in [3.8, 4) is 0 Å². The molecule has 6 heteroatoms. The molecule has 2 saturated heterocycles. The number of likely N-dealkylation sites (tertiary alicyclic amines) is 1. The first kappa shape index (κ1) is 16.2. The third kappa shape index (κ3) is 2.83. The topological polar surface area (TPSA) is 61.9 Å². The van der Waals surface area contributed by atoms with E-state index in [0.29, 0.717) is 26.2 Å². The van der Waals surface area contributed by atoms with E-state index in [4.69, 9.17) is 4.74 Å². The molecule has 134 valence electrons. The third-order valence-electron chi connectivity index (χ3n) is 5.72. The van der Waals surface area contributed by atoms with Crippen molar-refractivity contribution in [2.75, 3.05) is 31.5 Å². The van der Waals surface area contributed by atoms with E-state index in [2.05, 4.69) is 30.4 Å². The number of hydrogen-bond acceptors (Lipinski definition) is 4. The number of piperidine rings is 1. The first-order valence-corrected chi connectivity index (χ1v) is 9.12. The molecule has 4 rings (SSSR count). The van der Waals surface area contributed by atoms with Crippen LogP contribution in [0.3, 0.4) is 0 Å². The lowest BCUT2D eigenvalue weighted by Crippen LogP contribution is -2.52. The Kier molecular flexibility index (Phi) is 3.85. The highest BCUT2D eigenvalue weighted by Crippen LogP contribution is 2.34. The molecule has 6 nitrogen and oxygen atoms in total. The summed E-state index contributed by atoms with van der Waals surface area (Å²) in [6, 6.07) is 6.10. The summed E-state index contributed by atoms with van der Waals surface area (Å²) >= 11 is 0. The molecule has 0 aliphatic carbocycles. The Morgan fingerprint density at radius 2 is 2.12 bits per heavy atom. The fourth-order valence-corrected chi connectivity index (χ4v) is 4.19. The molecule has 1 aromatic rings. The molecule has 3 aliphatic rings. The number of benzene rings is 1. The van der Waals surface area contributed by atoms with Gasteiger partial charge in [-0.15, -0.1) is 0 Å². The molecule has 0 radical (unpaired) electrons. The minimum atomic E-state index is -0.396. The van der Waals surface area contributed by atoms with E-state index >= 15 is 0 Å². The van der Waals surface area contributed by atoms with Crippen LogP contribution < -0.4 is 5.32 Å². The van der Waals surface area contributed by atoms with Crippen LogP contribution in [0.4, 0.5) is 10.5 Å². The molecule has 1 atom stereocenters. The van der Waals surface area contributed by atoms with Gasteiger partial charge in [-0.3, -0.25) is 4.79 Å². The molecule has 0 aromatic heterocycles. The number of carbonyl (C=O) groups excluding carboxylic acids is 2. The van der Waals surface area contributed by atoms with E-state index in [1.165, 1.54) is 11.1 Å². The number of ether oxygens (including phenoxy) is 1. The molecule has 3 aliphatic heterocycles. The molecule has 0 bridgehead atoms. The molecule has 25 heavy (non-hydrogen) atoms.